The highest BCUT2D eigenvalue weighted by Gasteiger charge is 2.18. The average molecular weight is 346 g/mol. The number of nitrogen functional groups attached to an aromatic ring is 1. The number of nitrogens with two attached hydrogens (primary N) is 1. The van der Waals surface area contributed by atoms with Crippen LogP contribution in [0.3, 0.4) is 0 Å². The molecule has 0 aliphatic heterocycles. The Morgan fingerprint density at radius 2 is 2.16 bits per heavy atom. The molecule has 0 aliphatic rings. The van der Waals surface area contributed by atoms with Crippen molar-refractivity contribution in [2.75, 3.05) is 5.73 Å². The third-order valence-electron chi connectivity index (χ3n) is 2.12. The van der Waals surface area contributed by atoms with Crippen molar-refractivity contribution in [1.82, 2.24) is 9.97 Å². The molecule has 0 saturated heterocycles. The van der Waals surface area contributed by atoms with Gasteiger partial charge in [0.1, 0.15) is 12.0 Å². The van der Waals surface area contributed by atoms with Crippen molar-refractivity contribution in [3.8, 4) is 11.6 Å². The topological polar surface area (TPSA) is 104 Å². The molecule has 0 bridgehead atoms. The molecular formula is C10H6BrClN4O3. The molecule has 98 valence electrons. The van der Waals surface area contributed by atoms with E-state index >= 15 is 0 Å². The van der Waals surface area contributed by atoms with Gasteiger partial charge in [-0.25, -0.2) is 4.98 Å². The van der Waals surface area contributed by atoms with Gasteiger partial charge < -0.3 is 10.5 Å². The summed E-state index contributed by atoms with van der Waals surface area (Å²) in [6, 6.07) is 4.34. The average Bonchev–Trinajstić information content (AvgIpc) is 2.36. The van der Waals surface area contributed by atoms with E-state index in [0.717, 1.165) is 6.33 Å². The van der Waals surface area contributed by atoms with Crippen molar-refractivity contribution in [2.45, 2.75) is 0 Å². The van der Waals surface area contributed by atoms with Crippen molar-refractivity contribution < 1.29 is 9.66 Å². The second-order valence-electron chi connectivity index (χ2n) is 3.35. The predicted octanol–water partition coefficient (Wildman–Crippen LogP) is 3.18. The minimum absolute atomic E-state index is 0.00895. The fourth-order valence-corrected chi connectivity index (χ4v) is 1.74. The van der Waals surface area contributed by atoms with Gasteiger partial charge in [-0.15, -0.1) is 0 Å². The van der Waals surface area contributed by atoms with Crippen LogP contribution in [-0.4, -0.2) is 14.9 Å². The second-order valence-corrected chi connectivity index (χ2v) is 4.63. The molecule has 0 saturated carbocycles. The molecule has 0 spiro atoms. The number of ether oxygens (including phenoxy) is 1. The standard InChI is InChI=1S/C10H6BrClN4O3/c11-5-1-2-7(6(3-5)16(17)18)19-10-8(13)9(12)14-4-15-10/h1-4H,13H2. The molecule has 0 fully saturated rings. The zero-order valence-electron chi connectivity index (χ0n) is 9.21. The van der Waals surface area contributed by atoms with Crippen molar-refractivity contribution >= 4 is 38.9 Å². The van der Waals surface area contributed by atoms with E-state index in [9.17, 15) is 10.1 Å². The van der Waals surface area contributed by atoms with E-state index in [1.807, 2.05) is 0 Å². The predicted molar refractivity (Wildman–Crippen MR) is 72.3 cm³/mol. The molecule has 0 radical (unpaired) electrons. The first-order valence-electron chi connectivity index (χ1n) is 4.87. The third kappa shape index (κ3) is 2.91. The van der Waals surface area contributed by atoms with Crippen LogP contribution in [0.1, 0.15) is 0 Å². The van der Waals surface area contributed by atoms with E-state index < -0.39 is 4.92 Å². The summed E-state index contributed by atoms with van der Waals surface area (Å²) in [7, 11) is 0. The lowest BCUT2D eigenvalue weighted by Gasteiger charge is -2.07. The molecule has 0 atom stereocenters. The van der Waals surface area contributed by atoms with Crippen LogP contribution in [0, 0.1) is 10.1 Å². The van der Waals surface area contributed by atoms with Crippen molar-refractivity contribution in [1.29, 1.82) is 0 Å². The highest BCUT2D eigenvalue weighted by atomic mass is 79.9. The second kappa shape index (κ2) is 5.37. The number of nitro groups is 1. The first-order valence-corrected chi connectivity index (χ1v) is 6.04. The van der Waals surface area contributed by atoms with Crippen molar-refractivity contribution in [3.05, 3.63) is 44.3 Å². The molecule has 2 rings (SSSR count). The van der Waals surface area contributed by atoms with Crippen LogP contribution >= 0.6 is 27.5 Å². The highest BCUT2D eigenvalue weighted by molar-refractivity contribution is 9.10. The Labute approximate surface area is 120 Å². The van der Waals surface area contributed by atoms with Crippen LogP contribution in [0.2, 0.25) is 5.15 Å². The van der Waals surface area contributed by atoms with Crippen LogP contribution in [0.25, 0.3) is 0 Å². The molecule has 1 heterocycles. The molecule has 1 aromatic heterocycles. The van der Waals surface area contributed by atoms with Gasteiger partial charge in [0.05, 0.1) is 4.92 Å². The van der Waals surface area contributed by atoms with Gasteiger partial charge in [0.2, 0.25) is 11.6 Å². The van der Waals surface area contributed by atoms with E-state index in [-0.39, 0.29) is 28.2 Å². The van der Waals surface area contributed by atoms with E-state index in [2.05, 4.69) is 25.9 Å². The number of benzene rings is 1. The van der Waals surface area contributed by atoms with Gasteiger partial charge in [-0.05, 0) is 12.1 Å². The number of rotatable bonds is 3. The number of halogens is 2. The summed E-state index contributed by atoms with van der Waals surface area (Å²) >= 11 is 8.85. The lowest BCUT2D eigenvalue weighted by Crippen LogP contribution is -1.99. The van der Waals surface area contributed by atoms with Crippen LogP contribution < -0.4 is 10.5 Å². The molecule has 7 nitrogen and oxygen atoms in total. The van der Waals surface area contributed by atoms with Gasteiger partial charge in [-0.3, -0.25) is 10.1 Å². The first kappa shape index (κ1) is 13.5. The summed E-state index contributed by atoms with van der Waals surface area (Å²) < 4.78 is 5.87. The number of hydrogen-bond donors (Lipinski definition) is 1. The lowest BCUT2D eigenvalue weighted by atomic mass is 10.3. The van der Waals surface area contributed by atoms with Crippen LogP contribution in [0.4, 0.5) is 11.4 Å². The van der Waals surface area contributed by atoms with E-state index in [4.69, 9.17) is 22.1 Å². The number of nitrogens with zero attached hydrogens (tertiary/aromatic N) is 3. The summed E-state index contributed by atoms with van der Waals surface area (Å²) in [5, 5.41) is 10.9. The molecule has 0 unspecified atom stereocenters. The van der Waals surface area contributed by atoms with E-state index in [1.54, 1.807) is 6.07 Å². The minimum atomic E-state index is -0.570. The number of aromatic nitrogens is 2. The molecular weight excluding hydrogens is 339 g/mol. The summed E-state index contributed by atoms with van der Waals surface area (Å²) in [4.78, 5) is 17.8. The summed E-state index contributed by atoms with van der Waals surface area (Å²) in [6.07, 6.45) is 1.15. The molecule has 1 aromatic carbocycles. The third-order valence-corrected chi connectivity index (χ3v) is 2.92. The zero-order valence-corrected chi connectivity index (χ0v) is 11.6. The maximum Gasteiger partial charge on any atom is 0.312 e. The fourth-order valence-electron chi connectivity index (χ4n) is 1.26. The molecule has 2 aromatic rings. The van der Waals surface area contributed by atoms with Gasteiger partial charge in [0.15, 0.2) is 5.15 Å². The maximum atomic E-state index is 10.9. The Bertz CT molecular complexity index is 653. The Morgan fingerprint density at radius 1 is 1.42 bits per heavy atom. The Kier molecular flexibility index (Phi) is 3.82. The summed E-state index contributed by atoms with van der Waals surface area (Å²) in [6.45, 7) is 0. The fraction of sp³-hybridized carbons (Fsp3) is 0. The van der Waals surface area contributed by atoms with Gasteiger partial charge in [-0.1, -0.05) is 27.5 Å². The first-order chi connectivity index (χ1) is 8.99. The molecule has 9 heteroatoms. The molecule has 0 amide bonds. The number of anilines is 1. The summed E-state index contributed by atoms with van der Waals surface area (Å²) in [5.41, 5.74) is 5.42. The summed E-state index contributed by atoms with van der Waals surface area (Å²) in [5.74, 6) is -0.0277. The van der Waals surface area contributed by atoms with Crippen LogP contribution in [-0.2, 0) is 0 Å². The quantitative estimate of drug-likeness (QED) is 0.520. The number of nitro benzene ring substituents is 1. The van der Waals surface area contributed by atoms with Gasteiger partial charge in [0.25, 0.3) is 0 Å². The monoisotopic (exact) mass is 344 g/mol. The van der Waals surface area contributed by atoms with Gasteiger partial charge in [0, 0.05) is 10.5 Å². The van der Waals surface area contributed by atoms with Crippen molar-refractivity contribution in [2.24, 2.45) is 0 Å². The SMILES string of the molecule is Nc1c(Cl)ncnc1Oc1ccc(Br)cc1[N+](=O)[O-]. The van der Waals surface area contributed by atoms with Crippen LogP contribution in [0.15, 0.2) is 29.0 Å². The van der Waals surface area contributed by atoms with Crippen LogP contribution in [0.5, 0.6) is 11.6 Å². The maximum absolute atomic E-state index is 10.9. The number of hydrogen-bond acceptors (Lipinski definition) is 6. The highest BCUT2D eigenvalue weighted by Crippen LogP contribution is 2.35. The van der Waals surface area contributed by atoms with Gasteiger partial charge >= 0.3 is 5.69 Å². The Balaban J connectivity index is 2.44. The van der Waals surface area contributed by atoms with E-state index in [1.165, 1.54) is 12.1 Å². The normalized spacial score (nSPS) is 10.2. The Hall–Kier alpha value is -1.93. The zero-order chi connectivity index (χ0) is 14.0. The van der Waals surface area contributed by atoms with Crippen molar-refractivity contribution in [3.63, 3.8) is 0 Å². The Morgan fingerprint density at radius 3 is 2.84 bits per heavy atom. The molecule has 0 aliphatic carbocycles. The largest absolute Gasteiger partial charge is 0.430 e. The van der Waals surface area contributed by atoms with Gasteiger partial charge in [-0.2, -0.15) is 4.98 Å². The smallest absolute Gasteiger partial charge is 0.312 e. The van der Waals surface area contributed by atoms with E-state index in [0.29, 0.717) is 4.47 Å². The molecule has 2 N–H and O–H groups in total. The molecule has 19 heavy (non-hydrogen) atoms. The lowest BCUT2D eigenvalue weighted by molar-refractivity contribution is -0.385. The minimum Gasteiger partial charge on any atom is -0.430 e.